The second-order valence-electron chi connectivity index (χ2n) is 9.37. The minimum atomic E-state index is -4.31. The van der Waals surface area contributed by atoms with E-state index >= 15 is 0 Å². The Morgan fingerprint density at radius 2 is 1.61 bits per heavy atom. The lowest BCUT2D eigenvalue weighted by atomic mass is 10.1. The van der Waals surface area contributed by atoms with Gasteiger partial charge in [-0.05, 0) is 57.0 Å². The molecule has 0 radical (unpaired) electrons. The molecule has 1 N–H and O–H groups in total. The number of aryl methyl sites for hydroxylation is 1. The zero-order valence-corrected chi connectivity index (χ0v) is 22.9. The minimum Gasteiger partial charge on any atom is -0.352 e. The van der Waals surface area contributed by atoms with Gasteiger partial charge in [0.05, 0.1) is 10.6 Å². The number of anilines is 1. The van der Waals surface area contributed by atoms with Crippen LogP contribution in [0.5, 0.6) is 0 Å². The summed E-state index contributed by atoms with van der Waals surface area (Å²) in [4.78, 5) is 28.3. The summed E-state index contributed by atoms with van der Waals surface area (Å²) in [6.07, 6.45) is 0.307. The Bertz CT molecular complexity index is 1360. The molecule has 0 aliphatic carbocycles. The molecule has 0 aliphatic rings. The highest BCUT2D eigenvalue weighted by Crippen LogP contribution is 2.27. The normalized spacial score (nSPS) is 12.2. The number of nitrogens with zero attached hydrogens (tertiary/aromatic N) is 2. The summed E-state index contributed by atoms with van der Waals surface area (Å²) in [7, 11) is -4.31. The Labute approximate surface area is 224 Å². The van der Waals surface area contributed by atoms with E-state index in [0.717, 1.165) is 21.5 Å². The van der Waals surface area contributed by atoms with Crippen molar-refractivity contribution in [3.8, 4) is 0 Å². The van der Waals surface area contributed by atoms with Gasteiger partial charge in [0.2, 0.25) is 11.8 Å². The average molecular weight is 540 g/mol. The fourth-order valence-electron chi connectivity index (χ4n) is 4.19. The third-order valence-corrected chi connectivity index (χ3v) is 7.76. The minimum absolute atomic E-state index is 0.0779. The number of hydrogen-bond acceptors (Lipinski definition) is 4. The highest BCUT2D eigenvalue weighted by atomic mass is 32.2. The highest BCUT2D eigenvalue weighted by Gasteiger charge is 2.34. The van der Waals surface area contributed by atoms with Crippen LogP contribution in [-0.2, 0) is 26.2 Å². The van der Waals surface area contributed by atoms with Crippen LogP contribution in [0.2, 0.25) is 0 Å². The van der Waals surface area contributed by atoms with Gasteiger partial charge in [-0.1, -0.05) is 67.1 Å². The molecule has 2 amide bonds. The third-order valence-electron chi connectivity index (χ3n) is 5.98. The molecule has 3 aromatic carbocycles. The molecule has 7 nitrogen and oxygen atoms in total. The fourth-order valence-corrected chi connectivity index (χ4v) is 5.64. The van der Waals surface area contributed by atoms with Crippen LogP contribution < -0.4 is 9.62 Å². The Kier molecular flexibility index (Phi) is 9.63. The van der Waals surface area contributed by atoms with E-state index in [0.29, 0.717) is 6.42 Å². The molecule has 3 rings (SSSR count). The van der Waals surface area contributed by atoms with Crippen molar-refractivity contribution in [3.05, 3.63) is 95.8 Å². The number of benzene rings is 3. The van der Waals surface area contributed by atoms with Gasteiger partial charge in [-0.3, -0.25) is 13.9 Å². The van der Waals surface area contributed by atoms with Gasteiger partial charge >= 0.3 is 0 Å². The largest absolute Gasteiger partial charge is 0.352 e. The lowest BCUT2D eigenvalue weighted by Gasteiger charge is -2.33. The van der Waals surface area contributed by atoms with Crippen molar-refractivity contribution in [3.63, 3.8) is 0 Å². The topological polar surface area (TPSA) is 86.8 Å². The number of carbonyl (C=O) groups is 2. The number of para-hydroxylation sites is 1. The first-order valence-corrected chi connectivity index (χ1v) is 14.0. The molecule has 9 heteroatoms. The van der Waals surface area contributed by atoms with E-state index in [1.54, 1.807) is 25.1 Å². The smallest absolute Gasteiger partial charge is 0.264 e. The molecular formula is C29H34FN3O4S. The number of amides is 2. The Morgan fingerprint density at radius 3 is 2.21 bits per heavy atom. The van der Waals surface area contributed by atoms with Crippen molar-refractivity contribution < 1.29 is 22.4 Å². The van der Waals surface area contributed by atoms with Gasteiger partial charge in [-0.15, -0.1) is 0 Å². The van der Waals surface area contributed by atoms with Gasteiger partial charge in [-0.25, -0.2) is 12.8 Å². The van der Waals surface area contributed by atoms with Crippen LogP contribution in [0.15, 0.2) is 83.8 Å². The van der Waals surface area contributed by atoms with Crippen LogP contribution >= 0.6 is 0 Å². The van der Waals surface area contributed by atoms with E-state index in [1.807, 2.05) is 45.0 Å². The van der Waals surface area contributed by atoms with E-state index in [1.165, 1.54) is 35.2 Å². The molecule has 3 aromatic rings. The first kappa shape index (κ1) is 28.8. The maximum atomic E-state index is 14.9. The molecule has 0 saturated carbocycles. The van der Waals surface area contributed by atoms with E-state index in [2.05, 4.69) is 5.32 Å². The van der Waals surface area contributed by atoms with E-state index in [9.17, 15) is 22.4 Å². The maximum absolute atomic E-state index is 14.9. The lowest BCUT2D eigenvalue weighted by molar-refractivity contribution is -0.140. The summed E-state index contributed by atoms with van der Waals surface area (Å²) in [5.41, 5.74) is 1.52. The quantitative estimate of drug-likeness (QED) is 0.384. The van der Waals surface area contributed by atoms with Gasteiger partial charge in [0.15, 0.2) is 0 Å². The molecule has 0 aromatic heterocycles. The van der Waals surface area contributed by atoms with Crippen LogP contribution in [0.25, 0.3) is 0 Å². The van der Waals surface area contributed by atoms with Crippen LogP contribution in [-0.4, -0.2) is 43.8 Å². The van der Waals surface area contributed by atoms with Crippen molar-refractivity contribution in [2.24, 2.45) is 0 Å². The second kappa shape index (κ2) is 12.7. The Balaban J connectivity index is 2.07. The molecule has 0 aliphatic heterocycles. The van der Waals surface area contributed by atoms with E-state index in [4.69, 9.17) is 0 Å². The molecule has 1 atom stereocenters. The molecule has 0 spiro atoms. The van der Waals surface area contributed by atoms with Gasteiger partial charge in [0, 0.05) is 12.6 Å². The summed E-state index contributed by atoms with van der Waals surface area (Å²) in [5.74, 6) is -1.75. The fraction of sp³-hybridized carbons (Fsp3) is 0.310. The van der Waals surface area contributed by atoms with Crippen molar-refractivity contribution in [2.45, 2.75) is 57.6 Å². The van der Waals surface area contributed by atoms with Gasteiger partial charge in [0.1, 0.15) is 18.4 Å². The van der Waals surface area contributed by atoms with Gasteiger partial charge < -0.3 is 10.2 Å². The standard InChI is InChI=1S/C29H34FN3O4S/c1-5-26(29(35)31-21(2)3)32(19-23-13-11-12-22(4)18-23)28(34)20-33(27-17-10-9-16-25(27)30)38(36,37)24-14-7-6-8-15-24/h6-18,21,26H,5,19-20H2,1-4H3,(H,31,35)/t26-/m1/s1. The molecule has 38 heavy (non-hydrogen) atoms. The predicted octanol–water partition coefficient (Wildman–Crippen LogP) is 4.66. The monoisotopic (exact) mass is 539 g/mol. The molecule has 202 valence electrons. The summed E-state index contributed by atoms with van der Waals surface area (Å²) in [6.45, 7) is 6.76. The third kappa shape index (κ3) is 6.98. The summed E-state index contributed by atoms with van der Waals surface area (Å²) in [6, 6.07) is 19.5. The molecule has 0 unspecified atom stereocenters. The predicted molar refractivity (Wildman–Crippen MR) is 146 cm³/mol. The number of nitrogens with one attached hydrogen (secondary N) is 1. The Morgan fingerprint density at radius 1 is 0.947 bits per heavy atom. The lowest BCUT2D eigenvalue weighted by Crippen LogP contribution is -2.53. The summed E-state index contributed by atoms with van der Waals surface area (Å²) in [5, 5.41) is 2.85. The molecule has 0 heterocycles. The van der Waals surface area contributed by atoms with Gasteiger partial charge in [0.25, 0.3) is 10.0 Å². The summed E-state index contributed by atoms with van der Waals surface area (Å²) >= 11 is 0. The van der Waals surface area contributed by atoms with Crippen molar-refractivity contribution in [1.82, 2.24) is 10.2 Å². The maximum Gasteiger partial charge on any atom is 0.264 e. The van der Waals surface area contributed by atoms with Gasteiger partial charge in [-0.2, -0.15) is 0 Å². The highest BCUT2D eigenvalue weighted by molar-refractivity contribution is 7.92. The average Bonchev–Trinajstić information content (AvgIpc) is 2.87. The van der Waals surface area contributed by atoms with Crippen molar-refractivity contribution in [1.29, 1.82) is 0 Å². The molecule has 0 saturated heterocycles. The van der Waals surface area contributed by atoms with Crippen molar-refractivity contribution >= 4 is 27.5 Å². The van der Waals surface area contributed by atoms with E-state index in [-0.39, 0.29) is 29.1 Å². The second-order valence-corrected chi connectivity index (χ2v) is 11.2. The number of rotatable bonds is 11. The Hall–Kier alpha value is -3.72. The van der Waals surface area contributed by atoms with Crippen LogP contribution in [0, 0.1) is 12.7 Å². The summed E-state index contributed by atoms with van der Waals surface area (Å²) < 4.78 is 43.1. The van der Waals surface area contributed by atoms with E-state index < -0.39 is 34.3 Å². The molecule has 0 bridgehead atoms. The first-order valence-electron chi connectivity index (χ1n) is 12.5. The van der Waals surface area contributed by atoms with Crippen LogP contribution in [0.1, 0.15) is 38.3 Å². The number of halogens is 1. The van der Waals surface area contributed by atoms with Crippen molar-refractivity contribution in [2.75, 3.05) is 10.8 Å². The molecule has 0 fully saturated rings. The number of hydrogen-bond donors (Lipinski definition) is 1. The number of carbonyl (C=O) groups excluding carboxylic acids is 2. The zero-order chi connectivity index (χ0) is 27.9. The zero-order valence-electron chi connectivity index (χ0n) is 22.1. The molecular weight excluding hydrogens is 505 g/mol. The van der Waals surface area contributed by atoms with Crippen LogP contribution in [0.4, 0.5) is 10.1 Å². The SMILES string of the molecule is CC[C@H](C(=O)NC(C)C)N(Cc1cccc(C)c1)C(=O)CN(c1ccccc1F)S(=O)(=O)c1ccccc1. The van der Waals surface area contributed by atoms with Crippen LogP contribution in [0.3, 0.4) is 0 Å². The first-order chi connectivity index (χ1) is 18.0. The number of sulfonamides is 1.